The lowest BCUT2D eigenvalue weighted by Crippen LogP contribution is -2.27. The molecule has 0 aliphatic rings. The molecule has 124 valence electrons. The van der Waals surface area contributed by atoms with Gasteiger partial charge in [-0.2, -0.15) is 0 Å². The summed E-state index contributed by atoms with van der Waals surface area (Å²) in [6, 6.07) is 4.25. The molecule has 24 heavy (non-hydrogen) atoms. The van der Waals surface area contributed by atoms with Crippen molar-refractivity contribution in [1.82, 2.24) is 9.38 Å². The number of carbonyl (C=O) groups excluding carboxylic acids is 1. The van der Waals surface area contributed by atoms with Crippen molar-refractivity contribution < 1.29 is 9.53 Å². The summed E-state index contributed by atoms with van der Waals surface area (Å²) in [5, 5.41) is 7.36. The number of amides is 2. The number of halogens is 1. The van der Waals surface area contributed by atoms with Crippen molar-refractivity contribution >= 4 is 45.3 Å². The summed E-state index contributed by atoms with van der Waals surface area (Å²) in [6.45, 7) is 1.66. The van der Waals surface area contributed by atoms with Crippen LogP contribution in [0.4, 0.5) is 16.2 Å². The molecule has 0 aliphatic heterocycles. The van der Waals surface area contributed by atoms with Crippen molar-refractivity contribution in [3.05, 3.63) is 50.8 Å². The predicted molar refractivity (Wildman–Crippen MR) is 94.7 cm³/mol. The second-order valence-electron chi connectivity index (χ2n) is 4.86. The van der Waals surface area contributed by atoms with Crippen LogP contribution in [-0.4, -0.2) is 22.5 Å². The number of fused-ring (bicyclic) bond motifs is 1. The lowest BCUT2D eigenvalue weighted by molar-refractivity contribution is 0.262. The van der Waals surface area contributed by atoms with Gasteiger partial charge in [-0.3, -0.25) is 9.20 Å². The molecule has 0 bridgehead atoms. The molecule has 2 heterocycles. The number of thiazole rings is 1. The summed E-state index contributed by atoms with van der Waals surface area (Å²) in [5.41, 5.74) is 0.608. The monoisotopic (exact) mass is 364 g/mol. The van der Waals surface area contributed by atoms with Gasteiger partial charge in [0.05, 0.1) is 18.5 Å². The van der Waals surface area contributed by atoms with Gasteiger partial charge in [0, 0.05) is 16.6 Å². The van der Waals surface area contributed by atoms with E-state index in [4.69, 9.17) is 16.3 Å². The summed E-state index contributed by atoms with van der Waals surface area (Å²) in [5.74, 6) is 0.453. The number of hydrogen-bond acceptors (Lipinski definition) is 5. The minimum atomic E-state index is -0.590. The van der Waals surface area contributed by atoms with E-state index in [-0.39, 0.29) is 11.2 Å². The van der Waals surface area contributed by atoms with Gasteiger partial charge in [-0.05, 0) is 25.1 Å². The number of nitrogens with one attached hydrogen (secondary N) is 2. The zero-order valence-electron chi connectivity index (χ0n) is 12.8. The Labute approximate surface area is 145 Å². The number of aryl methyl sites for hydroxylation is 1. The van der Waals surface area contributed by atoms with E-state index >= 15 is 0 Å². The van der Waals surface area contributed by atoms with Crippen LogP contribution in [0.1, 0.15) is 5.69 Å². The van der Waals surface area contributed by atoms with Crippen LogP contribution in [0.25, 0.3) is 4.96 Å². The molecular weight excluding hydrogens is 352 g/mol. The number of anilines is 2. The normalized spacial score (nSPS) is 10.6. The van der Waals surface area contributed by atoms with E-state index in [1.54, 1.807) is 36.7 Å². The van der Waals surface area contributed by atoms with E-state index in [2.05, 4.69) is 15.6 Å². The van der Waals surface area contributed by atoms with Gasteiger partial charge in [-0.15, -0.1) is 11.3 Å². The number of methoxy groups -OCH3 is 1. The van der Waals surface area contributed by atoms with E-state index in [1.165, 1.54) is 22.8 Å². The number of aromatic nitrogens is 2. The molecule has 9 heteroatoms. The molecule has 0 aliphatic carbocycles. The van der Waals surface area contributed by atoms with Crippen LogP contribution in [-0.2, 0) is 0 Å². The summed E-state index contributed by atoms with van der Waals surface area (Å²) in [7, 11) is 1.48. The largest absolute Gasteiger partial charge is 0.495 e. The molecule has 0 fully saturated rings. The van der Waals surface area contributed by atoms with E-state index in [1.807, 2.05) is 0 Å². The Morgan fingerprint density at radius 2 is 2.17 bits per heavy atom. The molecule has 2 aromatic heterocycles. The molecule has 2 amide bonds. The topological polar surface area (TPSA) is 84.7 Å². The van der Waals surface area contributed by atoms with Gasteiger partial charge >= 0.3 is 6.03 Å². The second-order valence-corrected chi connectivity index (χ2v) is 6.17. The lowest BCUT2D eigenvalue weighted by atomic mass is 10.3. The molecule has 0 unspecified atom stereocenters. The highest BCUT2D eigenvalue weighted by Gasteiger charge is 2.14. The van der Waals surface area contributed by atoms with Gasteiger partial charge in [0.1, 0.15) is 11.4 Å². The fourth-order valence-electron chi connectivity index (χ4n) is 2.17. The third-order valence-corrected chi connectivity index (χ3v) is 4.29. The van der Waals surface area contributed by atoms with Crippen LogP contribution in [0.5, 0.6) is 5.75 Å². The fraction of sp³-hybridized carbons (Fsp3) is 0.133. The first-order valence-corrected chi connectivity index (χ1v) is 8.13. The highest BCUT2D eigenvalue weighted by molar-refractivity contribution is 7.15. The van der Waals surface area contributed by atoms with Crippen molar-refractivity contribution in [2.45, 2.75) is 6.92 Å². The first-order chi connectivity index (χ1) is 11.5. The van der Waals surface area contributed by atoms with Crippen molar-refractivity contribution in [2.75, 3.05) is 17.7 Å². The fourth-order valence-corrected chi connectivity index (χ4v) is 3.09. The summed E-state index contributed by atoms with van der Waals surface area (Å²) < 4.78 is 6.55. The van der Waals surface area contributed by atoms with Crippen LogP contribution >= 0.6 is 22.9 Å². The van der Waals surface area contributed by atoms with Crippen molar-refractivity contribution in [2.24, 2.45) is 0 Å². The molecule has 2 N–H and O–H groups in total. The summed E-state index contributed by atoms with van der Waals surface area (Å²) >= 11 is 7.28. The number of ether oxygens (including phenoxy) is 1. The van der Waals surface area contributed by atoms with Crippen LogP contribution < -0.4 is 20.9 Å². The molecule has 0 saturated carbocycles. The Morgan fingerprint density at radius 3 is 2.92 bits per heavy atom. The Kier molecular flexibility index (Phi) is 4.41. The van der Waals surface area contributed by atoms with E-state index in [0.29, 0.717) is 27.1 Å². The van der Waals surface area contributed by atoms with Gasteiger partial charge in [0.2, 0.25) is 0 Å². The minimum Gasteiger partial charge on any atom is -0.495 e. The number of carbonyl (C=O) groups is 1. The molecule has 0 saturated heterocycles. The van der Waals surface area contributed by atoms with Crippen molar-refractivity contribution in [3.8, 4) is 5.75 Å². The first-order valence-electron chi connectivity index (χ1n) is 6.87. The SMILES string of the molecule is COc1ccc(Cl)cc1NC(=O)Nc1c(C)nc2sccn2c1=O. The zero-order chi connectivity index (χ0) is 17.3. The molecule has 3 rings (SSSR count). The number of rotatable bonds is 3. The lowest BCUT2D eigenvalue weighted by Gasteiger charge is -2.12. The molecule has 7 nitrogen and oxygen atoms in total. The van der Waals surface area contributed by atoms with Crippen LogP contribution in [0, 0.1) is 6.92 Å². The average Bonchev–Trinajstić information content (AvgIpc) is 3.00. The standard InChI is InChI=1S/C15H13ClN4O3S/c1-8-12(13(21)20-5-6-24-15(20)17-8)19-14(22)18-10-7-9(16)3-4-11(10)23-2/h3-7H,1-2H3,(H2,18,19,22). The van der Waals surface area contributed by atoms with E-state index < -0.39 is 6.03 Å². The predicted octanol–water partition coefficient (Wildman–Crippen LogP) is 3.37. The van der Waals surface area contributed by atoms with Crippen molar-refractivity contribution in [1.29, 1.82) is 0 Å². The number of hydrogen-bond donors (Lipinski definition) is 2. The first kappa shape index (κ1) is 16.3. The highest BCUT2D eigenvalue weighted by Crippen LogP contribution is 2.27. The second kappa shape index (κ2) is 6.50. The van der Waals surface area contributed by atoms with Gasteiger partial charge in [-0.1, -0.05) is 11.6 Å². The average molecular weight is 365 g/mol. The molecule has 1 aromatic carbocycles. The molecule has 0 radical (unpaired) electrons. The Hall–Kier alpha value is -2.58. The van der Waals surface area contributed by atoms with Crippen LogP contribution in [0.15, 0.2) is 34.6 Å². The summed E-state index contributed by atoms with van der Waals surface area (Å²) in [4.78, 5) is 29.5. The van der Waals surface area contributed by atoms with Gasteiger partial charge in [0.15, 0.2) is 4.96 Å². The van der Waals surface area contributed by atoms with Crippen molar-refractivity contribution in [3.63, 3.8) is 0 Å². The maximum absolute atomic E-state index is 12.4. The van der Waals surface area contributed by atoms with Gasteiger partial charge in [-0.25, -0.2) is 9.78 Å². The molecule has 0 spiro atoms. The Morgan fingerprint density at radius 1 is 1.38 bits per heavy atom. The smallest absolute Gasteiger partial charge is 0.323 e. The quantitative estimate of drug-likeness (QED) is 0.746. The minimum absolute atomic E-state index is 0.115. The Balaban J connectivity index is 1.88. The maximum Gasteiger partial charge on any atom is 0.323 e. The van der Waals surface area contributed by atoms with E-state index in [0.717, 1.165) is 0 Å². The van der Waals surface area contributed by atoms with E-state index in [9.17, 15) is 9.59 Å². The zero-order valence-corrected chi connectivity index (χ0v) is 14.4. The summed E-state index contributed by atoms with van der Waals surface area (Å²) in [6.07, 6.45) is 1.61. The maximum atomic E-state index is 12.4. The molecular formula is C15H13ClN4O3S. The number of urea groups is 1. The number of benzene rings is 1. The van der Waals surface area contributed by atoms with Gasteiger partial charge in [0.25, 0.3) is 5.56 Å². The third kappa shape index (κ3) is 3.06. The molecule has 3 aromatic rings. The highest BCUT2D eigenvalue weighted by atomic mass is 35.5. The van der Waals surface area contributed by atoms with Crippen LogP contribution in [0.3, 0.4) is 0 Å². The third-order valence-electron chi connectivity index (χ3n) is 3.30. The molecule has 0 atom stereocenters. The van der Waals surface area contributed by atoms with Gasteiger partial charge < -0.3 is 15.4 Å². The van der Waals surface area contributed by atoms with Crippen LogP contribution in [0.2, 0.25) is 5.02 Å². The number of nitrogens with zero attached hydrogens (tertiary/aromatic N) is 2. The Bertz CT molecular complexity index is 982.